The third kappa shape index (κ3) is 4.25. The lowest BCUT2D eigenvalue weighted by atomic mass is 10.1. The highest BCUT2D eigenvalue weighted by Gasteiger charge is 2.23. The van der Waals surface area contributed by atoms with Gasteiger partial charge < -0.3 is 5.11 Å². The van der Waals surface area contributed by atoms with Crippen LogP contribution in [0.5, 0.6) is 0 Å². The predicted molar refractivity (Wildman–Crippen MR) is 73.8 cm³/mol. The Morgan fingerprint density at radius 1 is 1.20 bits per heavy atom. The summed E-state index contributed by atoms with van der Waals surface area (Å²) in [5.41, 5.74) is 0. The van der Waals surface area contributed by atoms with Crippen molar-refractivity contribution in [2.75, 3.05) is 6.61 Å². The van der Waals surface area contributed by atoms with Crippen LogP contribution >= 0.6 is 0 Å². The molecule has 0 aliphatic carbocycles. The van der Waals surface area contributed by atoms with E-state index in [0.29, 0.717) is 0 Å². The van der Waals surface area contributed by atoms with Gasteiger partial charge in [0.15, 0.2) is 0 Å². The third-order valence-corrected chi connectivity index (χ3v) is 5.15. The fraction of sp³-hybridized carbons (Fsp3) is 0.455. The summed E-state index contributed by atoms with van der Waals surface area (Å²) in [6, 6.07) is 4.08. The lowest BCUT2D eigenvalue weighted by molar-refractivity contribution is 0.227. The number of hydrogen-bond acceptors (Lipinski definition) is 5. The molecule has 0 spiro atoms. The average molecular weight is 322 g/mol. The number of primary sulfonamides is 1. The summed E-state index contributed by atoms with van der Waals surface area (Å²) in [6.07, 6.45) is 0. The van der Waals surface area contributed by atoms with Gasteiger partial charge in [0.25, 0.3) is 0 Å². The molecule has 0 aromatic heterocycles. The molecule has 7 nitrogen and oxygen atoms in total. The van der Waals surface area contributed by atoms with Gasteiger partial charge in [-0.05, 0) is 24.1 Å². The summed E-state index contributed by atoms with van der Waals surface area (Å²) in [5, 5.41) is 14.1. The summed E-state index contributed by atoms with van der Waals surface area (Å²) in [4.78, 5) is -0.506. The molecule has 0 fully saturated rings. The molecule has 0 aliphatic heterocycles. The molecule has 0 saturated heterocycles. The first-order valence-corrected chi connectivity index (χ1v) is 8.87. The fourth-order valence-electron chi connectivity index (χ4n) is 1.47. The monoisotopic (exact) mass is 322 g/mol. The van der Waals surface area contributed by atoms with E-state index in [2.05, 4.69) is 4.72 Å². The number of aliphatic hydroxyl groups excluding tert-OH is 1. The molecule has 0 amide bonds. The normalized spacial score (nSPS) is 14.4. The van der Waals surface area contributed by atoms with Crippen molar-refractivity contribution in [2.24, 2.45) is 11.1 Å². The molecule has 0 aliphatic rings. The molecule has 0 saturated carbocycles. The second-order valence-electron chi connectivity index (χ2n) is 4.67. The predicted octanol–water partition coefficient (Wildman–Crippen LogP) is -0.371. The van der Waals surface area contributed by atoms with Crippen molar-refractivity contribution in [1.29, 1.82) is 0 Å². The Morgan fingerprint density at radius 2 is 1.75 bits per heavy atom. The highest BCUT2D eigenvalue weighted by atomic mass is 32.2. The second-order valence-corrected chi connectivity index (χ2v) is 7.95. The SMILES string of the molecule is CC(C)[C@@H](CO)NS(=O)(=O)c1cccc(S(N)(=O)=O)c1. The number of sulfonamides is 2. The van der Waals surface area contributed by atoms with Crippen LogP contribution in [0.15, 0.2) is 34.1 Å². The van der Waals surface area contributed by atoms with Gasteiger partial charge in [0.1, 0.15) is 0 Å². The second kappa shape index (κ2) is 6.19. The van der Waals surface area contributed by atoms with E-state index in [-0.39, 0.29) is 22.3 Å². The smallest absolute Gasteiger partial charge is 0.240 e. The van der Waals surface area contributed by atoms with Gasteiger partial charge >= 0.3 is 0 Å². The van der Waals surface area contributed by atoms with E-state index in [1.54, 1.807) is 13.8 Å². The largest absolute Gasteiger partial charge is 0.395 e. The van der Waals surface area contributed by atoms with E-state index >= 15 is 0 Å². The van der Waals surface area contributed by atoms with Crippen LogP contribution in [0.4, 0.5) is 0 Å². The van der Waals surface area contributed by atoms with Gasteiger partial charge in [0, 0.05) is 6.04 Å². The van der Waals surface area contributed by atoms with E-state index in [1.807, 2.05) is 0 Å². The Kier molecular flexibility index (Phi) is 5.27. The van der Waals surface area contributed by atoms with E-state index in [9.17, 15) is 16.8 Å². The van der Waals surface area contributed by atoms with Crippen LogP contribution in [0, 0.1) is 5.92 Å². The number of rotatable bonds is 6. The van der Waals surface area contributed by atoms with Crippen molar-refractivity contribution in [2.45, 2.75) is 29.7 Å². The third-order valence-electron chi connectivity index (χ3n) is 2.75. The standard InChI is InChI=1S/C11H18N2O5S2/c1-8(2)11(7-14)13-20(17,18)10-5-3-4-9(6-10)19(12,15)16/h3-6,8,11,13-14H,7H2,1-2H3,(H2,12,15,16)/t11-/m1/s1. The zero-order valence-electron chi connectivity index (χ0n) is 11.1. The molecule has 9 heteroatoms. The van der Waals surface area contributed by atoms with Crippen LogP contribution in [0.1, 0.15) is 13.8 Å². The summed E-state index contributed by atoms with van der Waals surface area (Å²) in [5.74, 6) is -0.115. The number of nitrogens with one attached hydrogen (secondary N) is 1. The first-order valence-electron chi connectivity index (χ1n) is 5.84. The van der Waals surface area contributed by atoms with Crippen molar-refractivity contribution in [3.8, 4) is 0 Å². The van der Waals surface area contributed by atoms with Crippen LogP contribution < -0.4 is 9.86 Å². The molecular formula is C11H18N2O5S2. The van der Waals surface area contributed by atoms with Crippen molar-refractivity contribution in [3.05, 3.63) is 24.3 Å². The zero-order chi connectivity index (χ0) is 15.6. The summed E-state index contributed by atoms with van der Waals surface area (Å²) >= 11 is 0. The van der Waals surface area contributed by atoms with Crippen LogP contribution in [0.2, 0.25) is 0 Å². The molecule has 0 heterocycles. The van der Waals surface area contributed by atoms with Crippen LogP contribution in [-0.4, -0.2) is 34.6 Å². The van der Waals surface area contributed by atoms with E-state index < -0.39 is 26.1 Å². The molecule has 1 aromatic carbocycles. The van der Waals surface area contributed by atoms with E-state index in [1.165, 1.54) is 18.2 Å². The number of hydrogen-bond donors (Lipinski definition) is 3. The molecule has 20 heavy (non-hydrogen) atoms. The maximum absolute atomic E-state index is 12.1. The van der Waals surface area contributed by atoms with Crippen LogP contribution in [-0.2, 0) is 20.0 Å². The minimum Gasteiger partial charge on any atom is -0.395 e. The highest BCUT2D eigenvalue weighted by molar-refractivity contribution is 7.90. The maximum Gasteiger partial charge on any atom is 0.240 e. The Hall–Kier alpha value is -1.00. The van der Waals surface area contributed by atoms with Gasteiger partial charge in [-0.1, -0.05) is 19.9 Å². The lowest BCUT2D eigenvalue weighted by Gasteiger charge is -2.19. The van der Waals surface area contributed by atoms with E-state index in [4.69, 9.17) is 10.2 Å². The van der Waals surface area contributed by atoms with Crippen molar-refractivity contribution in [1.82, 2.24) is 4.72 Å². The quantitative estimate of drug-likeness (QED) is 0.658. The lowest BCUT2D eigenvalue weighted by Crippen LogP contribution is -2.41. The minimum absolute atomic E-state index is 0.115. The molecule has 1 aromatic rings. The highest BCUT2D eigenvalue weighted by Crippen LogP contribution is 2.16. The van der Waals surface area contributed by atoms with E-state index in [0.717, 1.165) is 6.07 Å². The Labute approximate surface area is 118 Å². The molecule has 4 N–H and O–H groups in total. The Balaban J connectivity index is 3.17. The van der Waals surface area contributed by atoms with Gasteiger partial charge in [0.2, 0.25) is 20.0 Å². The van der Waals surface area contributed by atoms with Crippen LogP contribution in [0.25, 0.3) is 0 Å². The Bertz CT molecular complexity index is 668. The molecular weight excluding hydrogens is 304 g/mol. The number of aliphatic hydroxyl groups is 1. The van der Waals surface area contributed by atoms with Gasteiger partial charge in [0.05, 0.1) is 16.4 Å². The van der Waals surface area contributed by atoms with Crippen LogP contribution in [0.3, 0.4) is 0 Å². The first kappa shape index (κ1) is 17.1. The average Bonchev–Trinajstić information content (AvgIpc) is 2.35. The van der Waals surface area contributed by atoms with Gasteiger partial charge in [-0.15, -0.1) is 0 Å². The van der Waals surface area contributed by atoms with Crippen molar-refractivity contribution >= 4 is 20.0 Å². The zero-order valence-corrected chi connectivity index (χ0v) is 12.8. The fourth-order valence-corrected chi connectivity index (χ4v) is 3.53. The van der Waals surface area contributed by atoms with Crippen molar-refractivity contribution < 1.29 is 21.9 Å². The van der Waals surface area contributed by atoms with Gasteiger partial charge in [-0.25, -0.2) is 26.7 Å². The summed E-state index contributed by atoms with van der Waals surface area (Å²) < 4.78 is 49.0. The Morgan fingerprint density at radius 3 is 2.20 bits per heavy atom. The van der Waals surface area contributed by atoms with Crippen molar-refractivity contribution in [3.63, 3.8) is 0 Å². The minimum atomic E-state index is -3.98. The molecule has 0 radical (unpaired) electrons. The number of nitrogens with two attached hydrogens (primary N) is 1. The summed E-state index contributed by atoms with van der Waals surface area (Å²) in [6.45, 7) is 3.15. The topological polar surface area (TPSA) is 127 Å². The van der Waals surface area contributed by atoms with Gasteiger partial charge in [-0.2, -0.15) is 0 Å². The molecule has 1 rings (SSSR count). The molecule has 114 valence electrons. The van der Waals surface area contributed by atoms with Gasteiger partial charge in [-0.3, -0.25) is 0 Å². The molecule has 0 bridgehead atoms. The maximum atomic E-state index is 12.1. The number of benzene rings is 1. The molecule has 1 atom stereocenters. The summed E-state index contributed by atoms with van der Waals surface area (Å²) in [7, 11) is -7.91. The first-order chi connectivity index (χ1) is 9.08. The molecule has 0 unspecified atom stereocenters.